The van der Waals surface area contributed by atoms with E-state index in [9.17, 15) is 14.0 Å². The van der Waals surface area contributed by atoms with Crippen molar-refractivity contribution >= 4 is 34.5 Å². The lowest BCUT2D eigenvalue weighted by atomic mass is 10.2. The maximum absolute atomic E-state index is 13.1. The average Bonchev–Trinajstić information content (AvgIpc) is 3.05. The molecule has 3 rings (SSSR count). The number of thiazole rings is 1. The molecule has 0 fully saturated rings. The number of hydrogen-bond donors (Lipinski definition) is 2. The monoisotopic (exact) mass is 397 g/mol. The first-order chi connectivity index (χ1) is 13.3. The van der Waals surface area contributed by atoms with Gasteiger partial charge in [0.2, 0.25) is 5.91 Å². The summed E-state index contributed by atoms with van der Waals surface area (Å²) in [6.07, 6.45) is 0. The Morgan fingerprint density at radius 2 is 1.54 bits per heavy atom. The molecule has 3 aromatic rings. The number of benzene rings is 2. The molecule has 0 aliphatic rings. The van der Waals surface area contributed by atoms with E-state index in [4.69, 9.17) is 0 Å². The Hall–Kier alpha value is -3.06. The maximum atomic E-state index is 13.1. The zero-order chi connectivity index (χ0) is 20.3. The lowest BCUT2D eigenvalue weighted by Crippen LogP contribution is -2.17. The molecule has 5 nitrogen and oxygen atoms in total. The number of carbonyl (C=O) groups excluding carboxylic acids is 2. The minimum Gasteiger partial charge on any atom is -0.326 e. The molecule has 2 amide bonds. The van der Waals surface area contributed by atoms with Gasteiger partial charge in [0.25, 0.3) is 5.91 Å². The zero-order valence-electron chi connectivity index (χ0n) is 15.7. The van der Waals surface area contributed by atoms with Crippen molar-refractivity contribution in [3.8, 4) is 10.6 Å². The SMILES string of the molecule is Cc1nc(-c2ccc(F)cc2)sc1C(=O)Nc1ccc(NC(=O)C(C)C)cc1. The predicted molar refractivity (Wildman–Crippen MR) is 110 cm³/mol. The molecule has 0 aliphatic carbocycles. The highest BCUT2D eigenvalue weighted by atomic mass is 32.1. The minimum absolute atomic E-state index is 0.0645. The number of halogens is 1. The summed E-state index contributed by atoms with van der Waals surface area (Å²) in [5.41, 5.74) is 2.66. The summed E-state index contributed by atoms with van der Waals surface area (Å²) in [6.45, 7) is 5.41. The van der Waals surface area contributed by atoms with E-state index in [1.165, 1.54) is 23.5 Å². The highest BCUT2D eigenvalue weighted by molar-refractivity contribution is 7.17. The summed E-state index contributed by atoms with van der Waals surface area (Å²) in [7, 11) is 0. The van der Waals surface area contributed by atoms with Crippen molar-refractivity contribution in [2.45, 2.75) is 20.8 Å². The number of nitrogens with zero attached hydrogens (tertiary/aromatic N) is 1. The quantitative estimate of drug-likeness (QED) is 0.629. The highest BCUT2D eigenvalue weighted by Gasteiger charge is 2.16. The predicted octanol–water partition coefficient (Wildman–Crippen LogP) is 5.10. The molecule has 1 heterocycles. The molecule has 0 unspecified atom stereocenters. The fraction of sp³-hybridized carbons (Fsp3) is 0.190. The molecule has 2 N–H and O–H groups in total. The minimum atomic E-state index is -0.317. The van der Waals surface area contributed by atoms with E-state index in [-0.39, 0.29) is 23.5 Å². The van der Waals surface area contributed by atoms with Gasteiger partial charge in [-0.1, -0.05) is 13.8 Å². The summed E-state index contributed by atoms with van der Waals surface area (Å²) in [4.78, 5) is 29.3. The first-order valence-electron chi connectivity index (χ1n) is 8.79. The van der Waals surface area contributed by atoms with Crippen LogP contribution in [0.1, 0.15) is 29.2 Å². The van der Waals surface area contributed by atoms with E-state index in [0.717, 1.165) is 5.56 Å². The Morgan fingerprint density at radius 1 is 0.964 bits per heavy atom. The molecule has 28 heavy (non-hydrogen) atoms. The standard InChI is InChI=1S/C21H20FN3O2S/c1-12(2)19(26)24-16-8-10-17(11-9-16)25-20(27)18-13(3)23-21(28-18)14-4-6-15(22)7-5-14/h4-12H,1-3H3,(H,24,26)(H,25,27). The Bertz CT molecular complexity index is 995. The third kappa shape index (κ3) is 4.61. The molecule has 1 aromatic heterocycles. The molecular weight excluding hydrogens is 377 g/mol. The van der Waals surface area contributed by atoms with Gasteiger partial charge >= 0.3 is 0 Å². The number of aryl methyl sites for hydroxylation is 1. The van der Waals surface area contributed by atoms with Gasteiger partial charge in [0.15, 0.2) is 0 Å². The van der Waals surface area contributed by atoms with Gasteiger partial charge < -0.3 is 10.6 Å². The summed E-state index contributed by atoms with van der Waals surface area (Å²) in [6, 6.07) is 12.9. The molecule has 0 atom stereocenters. The molecular formula is C21H20FN3O2S. The van der Waals surface area contributed by atoms with E-state index in [0.29, 0.717) is 27.0 Å². The first kappa shape index (κ1) is 19.7. The van der Waals surface area contributed by atoms with E-state index < -0.39 is 0 Å². The van der Waals surface area contributed by atoms with Gasteiger partial charge in [-0.25, -0.2) is 9.37 Å². The molecule has 0 radical (unpaired) electrons. The van der Waals surface area contributed by atoms with Crippen LogP contribution >= 0.6 is 11.3 Å². The number of amides is 2. The summed E-state index contributed by atoms with van der Waals surface area (Å²) in [5, 5.41) is 6.30. The van der Waals surface area contributed by atoms with Gasteiger partial charge in [-0.15, -0.1) is 11.3 Å². The summed E-state index contributed by atoms with van der Waals surface area (Å²) in [5.74, 6) is -0.750. The Labute approximate surface area is 166 Å². The number of anilines is 2. The van der Waals surface area contributed by atoms with Gasteiger partial charge in [-0.2, -0.15) is 0 Å². The van der Waals surface area contributed by atoms with Crippen LogP contribution in [0.5, 0.6) is 0 Å². The topological polar surface area (TPSA) is 71.1 Å². The van der Waals surface area contributed by atoms with Crippen LogP contribution in [0.25, 0.3) is 10.6 Å². The largest absolute Gasteiger partial charge is 0.326 e. The molecule has 0 saturated heterocycles. The number of hydrogen-bond acceptors (Lipinski definition) is 4. The van der Waals surface area contributed by atoms with Crippen LogP contribution in [0.4, 0.5) is 15.8 Å². The molecule has 7 heteroatoms. The van der Waals surface area contributed by atoms with Crippen LogP contribution in [0, 0.1) is 18.7 Å². The lowest BCUT2D eigenvalue weighted by Gasteiger charge is -2.09. The second kappa shape index (κ2) is 8.31. The third-order valence-corrected chi connectivity index (χ3v) is 5.23. The second-order valence-corrected chi connectivity index (χ2v) is 7.61. The third-order valence-electron chi connectivity index (χ3n) is 4.03. The van der Waals surface area contributed by atoms with E-state index in [1.54, 1.807) is 43.3 Å². The van der Waals surface area contributed by atoms with Crippen LogP contribution in [0.3, 0.4) is 0 Å². The van der Waals surface area contributed by atoms with Crippen molar-refractivity contribution in [1.82, 2.24) is 4.98 Å². The number of aromatic nitrogens is 1. The summed E-state index contributed by atoms with van der Waals surface area (Å²) >= 11 is 1.26. The van der Waals surface area contributed by atoms with Crippen molar-refractivity contribution in [2.75, 3.05) is 10.6 Å². The second-order valence-electron chi connectivity index (χ2n) is 6.62. The van der Waals surface area contributed by atoms with Crippen molar-refractivity contribution in [3.63, 3.8) is 0 Å². The van der Waals surface area contributed by atoms with Crippen molar-refractivity contribution in [1.29, 1.82) is 0 Å². The molecule has 0 bridgehead atoms. The first-order valence-corrected chi connectivity index (χ1v) is 9.61. The smallest absolute Gasteiger partial charge is 0.267 e. The average molecular weight is 397 g/mol. The fourth-order valence-electron chi connectivity index (χ4n) is 2.43. The van der Waals surface area contributed by atoms with Crippen LogP contribution in [-0.2, 0) is 4.79 Å². The Kier molecular flexibility index (Phi) is 5.84. The van der Waals surface area contributed by atoms with Gasteiger partial charge in [-0.05, 0) is 55.5 Å². The Balaban J connectivity index is 1.71. The fourth-order valence-corrected chi connectivity index (χ4v) is 3.40. The maximum Gasteiger partial charge on any atom is 0.267 e. The number of rotatable bonds is 5. The summed E-state index contributed by atoms with van der Waals surface area (Å²) < 4.78 is 13.1. The van der Waals surface area contributed by atoms with Crippen LogP contribution in [0.2, 0.25) is 0 Å². The molecule has 0 saturated carbocycles. The zero-order valence-corrected chi connectivity index (χ0v) is 16.6. The van der Waals surface area contributed by atoms with Gasteiger partial charge in [-0.3, -0.25) is 9.59 Å². The van der Waals surface area contributed by atoms with E-state index >= 15 is 0 Å². The Morgan fingerprint density at radius 3 is 2.11 bits per heavy atom. The van der Waals surface area contributed by atoms with E-state index in [2.05, 4.69) is 15.6 Å². The van der Waals surface area contributed by atoms with Crippen molar-refractivity contribution < 1.29 is 14.0 Å². The van der Waals surface area contributed by atoms with Gasteiger partial charge in [0.05, 0.1) is 5.69 Å². The van der Waals surface area contributed by atoms with Crippen LogP contribution < -0.4 is 10.6 Å². The highest BCUT2D eigenvalue weighted by Crippen LogP contribution is 2.28. The normalized spacial score (nSPS) is 10.8. The van der Waals surface area contributed by atoms with Crippen molar-refractivity contribution in [2.24, 2.45) is 5.92 Å². The van der Waals surface area contributed by atoms with E-state index in [1.807, 2.05) is 13.8 Å². The van der Waals surface area contributed by atoms with Crippen LogP contribution in [0.15, 0.2) is 48.5 Å². The lowest BCUT2D eigenvalue weighted by molar-refractivity contribution is -0.118. The molecule has 0 spiro atoms. The van der Waals surface area contributed by atoms with Gasteiger partial charge in [0, 0.05) is 22.9 Å². The molecule has 0 aliphatic heterocycles. The van der Waals surface area contributed by atoms with Crippen LogP contribution in [-0.4, -0.2) is 16.8 Å². The van der Waals surface area contributed by atoms with Crippen molar-refractivity contribution in [3.05, 3.63) is 64.9 Å². The molecule has 2 aromatic carbocycles. The number of nitrogens with one attached hydrogen (secondary N) is 2. The molecule has 144 valence electrons. The number of carbonyl (C=O) groups is 2. The van der Waals surface area contributed by atoms with Gasteiger partial charge in [0.1, 0.15) is 15.7 Å².